The molecule has 1 aromatic rings. The second kappa shape index (κ2) is 7.67. The number of esters is 1. The summed E-state index contributed by atoms with van der Waals surface area (Å²) in [5.74, 6) is -1.72. The molecule has 2 amide bonds. The summed E-state index contributed by atoms with van der Waals surface area (Å²) >= 11 is 0. The van der Waals surface area contributed by atoms with E-state index in [4.69, 9.17) is 9.47 Å². The first-order chi connectivity index (χ1) is 12.5. The predicted molar refractivity (Wildman–Crippen MR) is 86.7 cm³/mol. The van der Waals surface area contributed by atoms with Crippen molar-refractivity contribution in [3.63, 3.8) is 0 Å². The third kappa shape index (κ3) is 3.47. The lowest BCUT2D eigenvalue weighted by atomic mass is 10.0. The maximum Gasteiger partial charge on any atom is 0.410 e. The number of ether oxygens (including phenoxy) is 2. The van der Waals surface area contributed by atoms with Crippen LogP contribution in [0.2, 0.25) is 0 Å². The molecule has 2 saturated heterocycles. The minimum Gasteiger partial charge on any atom is -0.464 e. The molecule has 8 nitrogen and oxygen atoms in total. The third-order valence-electron chi connectivity index (χ3n) is 4.60. The van der Waals surface area contributed by atoms with Crippen LogP contribution in [0.1, 0.15) is 30.1 Å². The number of cyclic esters (lactones) is 1. The molecule has 0 bridgehead atoms. The van der Waals surface area contributed by atoms with Crippen molar-refractivity contribution >= 4 is 18.0 Å². The van der Waals surface area contributed by atoms with E-state index >= 15 is 0 Å². The van der Waals surface area contributed by atoms with Crippen molar-refractivity contribution in [3.8, 4) is 0 Å². The molecule has 0 radical (unpaired) electrons. The molecule has 1 unspecified atom stereocenters. The van der Waals surface area contributed by atoms with Crippen LogP contribution in [0.5, 0.6) is 0 Å². The van der Waals surface area contributed by atoms with E-state index < -0.39 is 30.0 Å². The minimum absolute atomic E-state index is 0.0301. The van der Waals surface area contributed by atoms with E-state index in [-0.39, 0.29) is 24.8 Å². The molecule has 2 fully saturated rings. The van der Waals surface area contributed by atoms with Gasteiger partial charge in [-0.15, -0.1) is 0 Å². The summed E-state index contributed by atoms with van der Waals surface area (Å²) in [5, 5.41) is 0. The van der Waals surface area contributed by atoms with Crippen molar-refractivity contribution in [2.45, 2.75) is 31.8 Å². The van der Waals surface area contributed by atoms with Crippen LogP contribution in [0.3, 0.4) is 0 Å². The zero-order chi connectivity index (χ0) is 18.7. The van der Waals surface area contributed by atoms with E-state index in [0.29, 0.717) is 25.9 Å². The van der Waals surface area contributed by atoms with Crippen LogP contribution >= 0.6 is 0 Å². The first-order valence-corrected chi connectivity index (χ1v) is 8.54. The van der Waals surface area contributed by atoms with Crippen LogP contribution in [-0.2, 0) is 14.3 Å². The van der Waals surface area contributed by atoms with E-state index in [1.807, 2.05) is 0 Å². The average Bonchev–Trinajstić information content (AvgIpc) is 3.03. The van der Waals surface area contributed by atoms with Gasteiger partial charge in [0.2, 0.25) is 5.95 Å². The van der Waals surface area contributed by atoms with Gasteiger partial charge < -0.3 is 14.4 Å². The van der Waals surface area contributed by atoms with Gasteiger partial charge >= 0.3 is 12.1 Å². The predicted octanol–water partition coefficient (Wildman–Crippen LogP) is 1.21. The largest absolute Gasteiger partial charge is 0.464 e. The molecule has 9 heteroatoms. The lowest BCUT2D eigenvalue weighted by Crippen LogP contribution is -2.52. The Morgan fingerprint density at radius 3 is 2.77 bits per heavy atom. The molecule has 1 atom stereocenters. The molecule has 0 N–H and O–H groups in total. The van der Waals surface area contributed by atoms with Crippen molar-refractivity contribution < 1.29 is 28.2 Å². The summed E-state index contributed by atoms with van der Waals surface area (Å²) < 4.78 is 23.7. The number of aromatic nitrogens is 1. The average molecular weight is 365 g/mol. The molecular weight excluding hydrogens is 345 g/mol. The van der Waals surface area contributed by atoms with Crippen LogP contribution in [0.15, 0.2) is 18.3 Å². The Kier molecular flexibility index (Phi) is 5.34. The summed E-state index contributed by atoms with van der Waals surface area (Å²) in [6.07, 6.45) is 1.68. The number of hydrogen-bond donors (Lipinski definition) is 0. The molecule has 2 aliphatic rings. The van der Waals surface area contributed by atoms with E-state index in [1.165, 1.54) is 28.1 Å². The van der Waals surface area contributed by atoms with Gasteiger partial charge in [0.1, 0.15) is 6.61 Å². The first kappa shape index (κ1) is 18.1. The minimum atomic E-state index is -0.801. The second-order valence-corrected chi connectivity index (χ2v) is 6.12. The van der Waals surface area contributed by atoms with Gasteiger partial charge in [0.25, 0.3) is 5.91 Å². The molecule has 0 aliphatic carbocycles. The Morgan fingerprint density at radius 2 is 2.12 bits per heavy atom. The first-order valence-electron chi connectivity index (χ1n) is 8.54. The molecule has 140 valence electrons. The molecule has 2 aliphatic heterocycles. The summed E-state index contributed by atoms with van der Waals surface area (Å²) in [6, 6.07) is 1.91. The number of piperidine rings is 1. The van der Waals surface area contributed by atoms with Crippen LogP contribution in [0.25, 0.3) is 0 Å². The third-order valence-corrected chi connectivity index (χ3v) is 4.60. The SMILES string of the molecule is CCOC(=O)C1COC(=O)N1C1CCN(C(=O)c2cccnc2F)CC1. The highest BCUT2D eigenvalue weighted by atomic mass is 19.1. The molecular formula is C17H20FN3O5. The van der Waals surface area contributed by atoms with Crippen molar-refractivity contribution in [3.05, 3.63) is 29.8 Å². The number of likely N-dealkylation sites (tertiary alicyclic amines) is 1. The van der Waals surface area contributed by atoms with Crippen LogP contribution in [0, 0.1) is 5.95 Å². The van der Waals surface area contributed by atoms with Crippen molar-refractivity contribution in [1.29, 1.82) is 0 Å². The quantitative estimate of drug-likeness (QED) is 0.589. The fourth-order valence-corrected chi connectivity index (χ4v) is 3.32. The van der Waals surface area contributed by atoms with Crippen molar-refractivity contribution in [2.24, 2.45) is 0 Å². The van der Waals surface area contributed by atoms with E-state index in [2.05, 4.69) is 4.98 Å². The smallest absolute Gasteiger partial charge is 0.410 e. The highest BCUT2D eigenvalue weighted by Gasteiger charge is 2.44. The van der Waals surface area contributed by atoms with E-state index in [1.54, 1.807) is 6.92 Å². The normalized spacial score (nSPS) is 20.8. The number of halogens is 1. The topological polar surface area (TPSA) is 89.0 Å². The van der Waals surface area contributed by atoms with Gasteiger partial charge in [-0.3, -0.25) is 9.69 Å². The Morgan fingerprint density at radius 1 is 1.38 bits per heavy atom. The summed E-state index contributed by atoms with van der Waals surface area (Å²) in [4.78, 5) is 42.9. The van der Waals surface area contributed by atoms with Crippen molar-refractivity contribution in [1.82, 2.24) is 14.8 Å². The maximum absolute atomic E-state index is 13.7. The maximum atomic E-state index is 13.7. The zero-order valence-electron chi connectivity index (χ0n) is 14.4. The van der Waals surface area contributed by atoms with E-state index in [0.717, 1.165) is 0 Å². The van der Waals surface area contributed by atoms with Crippen molar-refractivity contribution in [2.75, 3.05) is 26.3 Å². The van der Waals surface area contributed by atoms with Gasteiger partial charge in [-0.1, -0.05) is 0 Å². The van der Waals surface area contributed by atoms with Gasteiger partial charge in [-0.25, -0.2) is 14.6 Å². The zero-order valence-corrected chi connectivity index (χ0v) is 14.4. The summed E-state index contributed by atoms with van der Waals surface area (Å²) in [7, 11) is 0. The monoisotopic (exact) mass is 365 g/mol. The number of amides is 2. The standard InChI is InChI=1S/C17H20FN3O5/c1-2-25-16(23)13-10-26-17(24)21(13)11-5-8-20(9-6-11)15(22)12-4-3-7-19-14(12)18/h3-4,7,11,13H,2,5-6,8-10H2,1H3. The molecule has 1 aromatic heterocycles. The van der Waals surface area contributed by atoms with Crippen LogP contribution in [0.4, 0.5) is 9.18 Å². The molecule has 0 spiro atoms. The Labute approximate surface area is 149 Å². The molecule has 26 heavy (non-hydrogen) atoms. The van der Waals surface area contributed by atoms with Crippen LogP contribution < -0.4 is 0 Å². The van der Waals surface area contributed by atoms with Crippen LogP contribution in [-0.4, -0.2) is 71.1 Å². The van der Waals surface area contributed by atoms with Gasteiger partial charge in [-0.05, 0) is 31.9 Å². The second-order valence-electron chi connectivity index (χ2n) is 6.12. The Bertz CT molecular complexity index is 705. The number of rotatable bonds is 4. The number of carbonyl (C=O) groups excluding carboxylic acids is 3. The Balaban J connectivity index is 1.64. The van der Waals surface area contributed by atoms with Gasteiger partial charge in [-0.2, -0.15) is 4.39 Å². The number of carbonyl (C=O) groups is 3. The fourth-order valence-electron chi connectivity index (χ4n) is 3.32. The lowest BCUT2D eigenvalue weighted by molar-refractivity contribution is -0.148. The number of pyridine rings is 1. The number of hydrogen-bond acceptors (Lipinski definition) is 6. The fraction of sp³-hybridized carbons (Fsp3) is 0.529. The summed E-state index contributed by atoms with van der Waals surface area (Å²) in [5.41, 5.74) is -0.0732. The highest BCUT2D eigenvalue weighted by molar-refractivity contribution is 5.94. The van der Waals surface area contributed by atoms with Gasteiger partial charge in [0.15, 0.2) is 6.04 Å². The summed E-state index contributed by atoms with van der Waals surface area (Å²) in [6.45, 7) is 2.58. The molecule has 3 heterocycles. The molecule has 0 aromatic carbocycles. The van der Waals surface area contributed by atoms with E-state index in [9.17, 15) is 18.8 Å². The van der Waals surface area contributed by atoms with Gasteiger partial charge in [0.05, 0.1) is 12.2 Å². The highest BCUT2D eigenvalue weighted by Crippen LogP contribution is 2.25. The Hall–Kier alpha value is -2.71. The molecule has 0 saturated carbocycles. The number of nitrogens with zero attached hydrogens (tertiary/aromatic N) is 3. The lowest BCUT2D eigenvalue weighted by Gasteiger charge is -2.37. The molecule has 3 rings (SSSR count). The van der Waals surface area contributed by atoms with Gasteiger partial charge in [0, 0.05) is 25.3 Å².